The Balaban J connectivity index is 1.31. The summed E-state index contributed by atoms with van der Waals surface area (Å²) in [5.74, 6) is 0.0995. The van der Waals surface area contributed by atoms with Gasteiger partial charge in [-0.25, -0.2) is 9.59 Å². The van der Waals surface area contributed by atoms with Crippen molar-refractivity contribution in [3.63, 3.8) is 0 Å². The molecule has 0 aliphatic carbocycles. The second-order valence-electron chi connectivity index (χ2n) is 9.65. The van der Waals surface area contributed by atoms with Crippen molar-refractivity contribution in [1.29, 1.82) is 0 Å². The largest absolute Gasteiger partial charge is 0.507 e. The van der Waals surface area contributed by atoms with E-state index in [4.69, 9.17) is 9.47 Å². The lowest BCUT2D eigenvalue weighted by Gasteiger charge is -2.23. The Bertz CT molecular complexity index is 1670. The average molecular weight is 518 g/mol. The first kappa shape index (κ1) is 24.5. The number of hydrogen-bond acceptors (Lipinski definition) is 5. The third-order valence-electron chi connectivity index (χ3n) is 7.21. The zero-order chi connectivity index (χ0) is 26.8. The number of ether oxygens (including phenoxy) is 2. The van der Waals surface area contributed by atoms with E-state index in [1.54, 1.807) is 12.1 Å². The molecular weight excluding hydrogens is 490 g/mol. The van der Waals surface area contributed by atoms with Gasteiger partial charge in [-0.05, 0) is 52.4 Å². The van der Waals surface area contributed by atoms with Crippen molar-refractivity contribution < 1.29 is 24.2 Å². The van der Waals surface area contributed by atoms with E-state index in [9.17, 15) is 14.7 Å². The maximum Gasteiger partial charge on any atom is 0.410 e. The van der Waals surface area contributed by atoms with Gasteiger partial charge in [0.1, 0.15) is 24.1 Å². The molecule has 39 heavy (non-hydrogen) atoms. The first-order valence-corrected chi connectivity index (χ1v) is 13.0. The van der Waals surface area contributed by atoms with Crippen molar-refractivity contribution in [1.82, 2.24) is 4.90 Å². The molecule has 5 aromatic rings. The lowest BCUT2D eigenvalue weighted by molar-refractivity contribution is -0.138. The number of aromatic hydroxyl groups is 1. The molecule has 0 saturated carbocycles. The summed E-state index contributed by atoms with van der Waals surface area (Å²) in [7, 11) is 0. The van der Waals surface area contributed by atoms with Crippen molar-refractivity contribution in [2.24, 2.45) is 0 Å². The van der Waals surface area contributed by atoms with Crippen LogP contribution in [0.1, 0.15) is 18.4 Å². The fraction of sp³-hybridized carbons (Fsp3) is 0.152. The van der Waals surface area contributed by atoms with Crippen molar-refractivity contribution in [3.8, 4) is 22.6 Å². The zero-order valence-electron chi connectivity index (χ0n) is 21.2. The fourth-order valence-electron chi connectivity index (χ4n) is 5.37. The van der Waals surface area contributed by atoms with Gasteiger partial charge < -0.3 is 14.6 Å². The third-order valence-corrected chi connectivity index (χ3v) is 7.21. The Morgan fingerprint density at radius 2 is 1.41 bits per heavy atom. The van der Waals surface area contributed by atoms with E-state index < -0.39 is 18.1 Å². The summed E-state index contributed by atoms with van der Waals surface area (Å²) >= 11 is 0. The number of carbonyl (C=O) groups excluding carboxylic acids is 2. The van der Waals surface area contributed by atoms with Crippen LogP contribution in [-0.2, 0) is 16.1 Å². The maximum atomic E-state index is 13.5. The summed E-state index contributed by atoms with van der Waals surface area (Å²) < 4.78 is 11.5. The van der Waals surface area contributed by atoms with Gasteiger partial charge in [0.25, 0.3) is 0 Å². The predicted octanol–water partition coefficient (Wildman–Crippen LogP) is 7.07. The maximum absolute atomic E-state index is 13.5. The monoisotopic (exact) mass is 517 g/mol. The van der Waals surface area contributed by atoms with Crippen LogP contribution >= 0.6 is 0 Å². The van der Waals surface area contributed by atoms with Crippen LogP contribution in [0.4, 0.5) is 4.79 Å². The normalized spacial score (nSPS) is 15.0. The minimum atomic E-state index is -0.725. The molecule has 6 rings (SSSR count). The molecule has 5 aromatic carbocycles. The van der Waals surface area contributed by atoms with Gasteiger partial charge in [0.2, 0.25) is 0 Å². The third kappa shape index (κ3) is 4.77. The highest BCUT2D eigenvalue weighted by Gasteiger charge is 2.37. The molecule has 0 radical (unpaired) electrons. The number of carbonyl (C=O) groups is 2. The predicted molar refractivity (Wildman–Crippen MR) is 151 cm³/mol. The number of esters is 1. The number of benzene rings is 5. The number of nitrogens with zero attached hydrogens (tertiary/aromatic N) is 1. The molecule has 6 heteroatoms. The second kappa shape index (κ2) is 10.5. The summed E-state index contributed by atoms with van der Waals surface area (Å²) in [6.45, 7) is 0.575. The smallest absolute Gasteiger partial charge is 0.410 e. The van der Waals surface area contributed by atoms with Crippen LogP contribution < -0.4 is 4.74 Å². The first-order valence-electron chi connectivity index (χ1n) is 13.0. The Labute approximate surface area is 226 Å². The van der Waals surface area contributed by atoms with Crippen LogP contribution in [0.25, 0.3) is 32.7 Å². The van der Waals surface area contributed by atoms with Crippen molar-refractivity contribution in [3.05, 3.63) is 109 Å². The van der Waals surface area contributed by atoms with Crippen LogP contribution in [0.2, 0.25) is 0 Å². The second-order valence-corrected chi connectivity index (χ2v) is 9.65. The van der Waals surface area contributed by atoms with E-state index in [0.29, 0.717) is 25.1 Å². The molecule has 1 fully saturated rings. The summed E-state index contributed by atoms with van der Waals surface area (Å²) in [5, 5.41) is 14.0. The van der Waals surface area contributed by atoms with E-state index in [-0.39, 0.29) is 12.4 Å². The summed E-state index contributed by atoms with van der Waals surface area (Å²) in [5.41, 5.74) is 2.56. The van der Waals surface area contributed by atoms with Crippen LogP contribution in [0.15, 0.2) is 103 Å². The Morgan fingerprint density at radius 3 is 2.15 bits per heavy atom. The number of amides is 1. The summed E-state index contributed by atoms with van der Waals surface area (Å²) in [6, 6.07) is 31.5. The molecule has 1 saturated heterocycles. The lowest BCUT2D eigenvalue weighted by atomic mass is 9.93. The number of likely N-dealkylation sites (tertiary alicyclic amines) is 1. The molecule has 1 atom stereocenters. The van der Waals surface area contributed by atoms with Gasteiger partial charge in [0.05, 0.1) is 0 Å². The van der Waals surface area contributed by atoms with Crippen molar-refractivity contribution >= 4 is 33.6 Å². The number of fused-ring (bicyclic) bond motifs is 2. The summed E-state index contributed by atoms with van der Waals surface area (Å²) in [6.07, 6.45) is 0.674. The Morgan fingerprint density at radius 1 is 0.769 bits per heavy atom. The van der Waals surface area contributed by atoms with Gasteiger partial charge in [-0.15, -0.1) is 0 Å². The highest BCUT2D eigenvalue weighted by Crippen LogP contribution is 2.41. The van der Waals surface area contributed by atoms with E-state index >= 15 is 0 Å². The fourth-order valence-corrected chi connectivity index (χ4v) is 5.37. The minimum absolute atomic E-state index is 0.141. The molecular formula is C33H27NO5. The van der Waals surface area contributed by atoms with Crippen LogP contribution in [0, 0.1) is 0 Å². The van der Waals surface area contributed by atoms with Crippen molar-refractivity contribution in [2.45, 2.75) is 25.5 Å². The van der Waals surface area contributed by atoms with Gasteiger partial charge in [0, 0.05) is 17.3 Å². The average Bonchev–Trinajstić information content (AvgIpc) is 3.47. The quantitative estimate of drug-likeness (QED) is 0.199. The molecule has 1 heterocycles. The molecule has 1 amide bonds. The van der Waals surface area contributed by atoms with Crippen LogP contribution in [-0.4, -0.2) is 34.7 Å². The van der Waals surface area contributed by atoms with E-state index in [1.165, 1.54) is 4.90 Å². The number of phenolic OH excluding ortho intramolecular Hbond substituents is 1. The number of phenols is 1. The van der Waals surface area contributed by atoms with Crippen molar-refractivity contribution in [2.75, 3.05) is 6.54 Å². The SMILES string of the molecule is O=C(Oc1cccc2cccc(-c3cccc4cccc(O)c34)c12)[C@@H]1CCCN1C(=O)OCc1ccccc1. The molecule has 194 valence electrons. The van der Waals surface area contributed by atoms with Gasteiger partial charge >= 0.3 is 12.1 Å². The lowest BCUT2D eigenvalue weighted by Crippen LogP contribution is -2.42. The minimum Gasteiger partial charge on any atom is -0.507 e. The molecule has 0 spiro atoms. The molecule has 1 N–H and O–H groups in total. The molecule has 1 aliphatic rings. The van der Waals surface area contributed by atoms with Crippen LogP contribution in [0.5, 0.6) is 11.5 Å². The van der Waals surface area contributed by atoms with Crippen LogP contribution in [0.3, 0.4) is 0 Å². The van der Waals surface area contributed by atoms with E-state index in [1.807, 2.05) is 91.0 Å². The Hall–Kier alpha value is -4.84. The number of hydrogen-bond donors (Lipinski definition) is 1. The summed E-state index contributed by atoms with van der Waals surface area (Å²) in [4.78, 5) is 27.8. The Kier molecular flexibility index (Phi) is 6.59. The standard InChI is InChI=1S/C33H27NO5/c35-28-18-6-13-23-11-4-15-25(30(23)28)26-16-5-12-24-14-7-19-29(31(24)26)39-32(36)27-17-8-20-34(27)33(37)38-21-22-9-2-1-3-10-22/h1-7,9-16,18-19,27,35H,8,17,20-21H2/t27-/m0/s1. The van der Waals surface area contributed by atoms with Gasteiger partial charge in [-0.3, -0.25) is 4.90 Å². The molecule has 0 aromatic heterocycles. The van der Waals surface area contributed by atoms with Gasteiger partial charge in [-0.1, -0.05) is 91.0 Å². The highest BCUT2D eigenvalue weighted by molar-refractivity contribution is 6.09. The van der Waals surface area contributed by atoms with E-state index in [0.717, 1.165) is 38.2 Å². The van der Waals surface area contributed by atoms with E-state index in [2.05, 4.69) is 0 Å². The first-order chi connectivity index (χ1) is 19.1. The molecule has 0 unspecified atom stereocenters. The topological polar surface area (TPSA) is 76.1 Å². The molecule has 0 bridgehead atoms. The molecule has 6 nitrogen and oxygen atoms in total. The van der Waals surface area contributed by atoms with Gasteiger partial charge in [-0.2, -0.15) is 0 Å². The zero-order valence-corrected chi connectivity index (χ0v) is 21.2. The molecule has 1 aliphatic heterocycles. The number of rotatable bonds is 5. The van der Waals surface area contributed by atoms with Gasteiger partial charge in [0.15, 0.2) is 0 Å². The highest BCUT2D eigenvalue weighted by atomic mass is 16.6.